The fourth-order valence-electron chi connectivity index (χ4n) is 1.62. The zero-order chi connectivity index (χ0) is 9.73. The molecule has 4 heteroatoms. The van der Waals surface area contributed by atoms with Crippen molar-refractivity contribution in [2.75, 3.05) is 25.2 Å². The van der Waals surface area contributed by atoms with Gasteiger partial charge in [0.1, 0.15) is 0 Å². The van der Waals surface area contributed by atoms with Crippen LogP contribution in [0.3, 0.4) is 0 Å². The maximum atomic E-state index is 11.1. The molecule has 1 fully saturated rings. The van der Waals surface area contributed by atoms with Crippen molar-refractivity contribution < 1.29 is 14.6 Å². The monoisotopic (exact) mass is 204 g/mol. The minimum atomic E-state index is -0.693. The molecule has 76 valence electrons. The summed E-state index contributed by atoms with van der Waals surface area (Å²) in [4.78, 5) is 11.1. The van der Waals surface area contributed by atoms with E-state index in [0.29, 0.717) is 13.2 Å². The van der Waals surface area contributed by atoms with Crippen LogP contribution in [-0.4, -0.2) is 36.3 Å². The van der Waals surface area contributed by atoms with Crippen molar-refractivity contribution in [2.24, 2.45) is 5.41 Å². The molecule has 0 amide bonds. The summed E-state index contributed by atoms with van der Waals surface area (Å²) in [6.45, 7) is 1.11. The molecule has 0 aliphatic carbocycles. The van der Waals surface area contributed by atoms with E-state index in [1.54, 1.807) is 11.8 Å². The Balaban J connectivity index is 2.56. The minimum absolute atomic E-state index is 0.392. The summed E-state index contributed by atoms with van der Waals surface area (Å²) in [6.07, 6.45) is 4.37. The van der Waals surface area contributed by atoms with Crippen LogP contribution < -0.4 is 0 Å². The van der Waals surface area contributed by atoms with Crippen molar-refractivity contribution >= 4 is 17.7 Å². The maximum Gasteiger partial charge on any atom is 0.312 e. The van der Waals surface area contributed by atoms with Crippen LogP contribution >= 0.6 is 11.8 Å². The topological polar surface area (TPSA) is 46.5 Å². The Morgan fingerprint density at radius 3 is 2.92 bits per heavy atom. The van der Waals surface area contributed by atoms with Gasteiger partial charge >= 0.3 is 5.97 Å². The number of aliphatic carboxylic acids is 1. The van der Waals surface area contributed by atoms with Gasteiger partial charge in [0.15, 0.2) is 0 Å². The Morgan fingerprint density at radius 2 is 2.46 bits per heavy atom. The van der Waals surface area contributed by atoms with Crippen LogP contribution in [0.5, 0.6) is 0 Å². The summed E-state index contributed by atoms with van der Waals surface area (Å²) >= 11 is 1.69. The highest BCUT2D eigenvalue weighted by Crippen LogP contribution is 2.33. The van der Waals surface area contributed by atoms with Gasteiger partial charge in [0.05, 0.1) is 12.0 Å². The van der Waals surface area contributed by atoms with Crippen LogP contribution in [0.15, 0.2) is 0 Å². The van der Waals surface area contributed by atoms with Crippen molar-refractivity contribution in [1.29, 1.82) is 0 Å². The van der Waals surface area contributed by atoms with Crippen molar-refractivity contribution in [3.05, 3.63) is 0 Å². The highest BCUT2D eigenvalue weighted by atomic mass is 32.2. The molecule has 0 radical (unpaired) electrons. The van der Waals surface area contributed by atoms with Crippen molar-refractivity contribution in [3.63, 3.8) is 0 Å². The Morgan fingerprint density at radius 1 is 1.69 bits per heavy atom. The lowest BCUT2D eigenvalue weighted by molar-refractivity contribution is -0.157. The minimum Gasteiger partial charge on any atom is -0.481 e. The highest BCUT2D eigenvalue weighted by molar-refractivity contribution is 7.98. The summed E-state index contributed by atoms with van der Waals surface area (Å²) in [7, 11) is 0. The standard InChI is InChI=1S/C9H16O3S/c1-13-6-4-9(8(10)11)3-2-5-12-7-9/h2-7H2,1H3,(H,10,11). The molecule has 3 nitrogen and oxygen atoms in total. The molecule has 1 atom stereocenters. The fourth-order valence-corrected chi connectivity index (χ4v) is 2.22. The first-order valence-corrected chi connectivity index (χ1v) is 5.91. The van der Waals surface area contributed by atoms with E-state index in [1.165, 1.54) is 0 Å². The molecule has 1 N–H and O–H groups in total. The Kier molecular flexibility index (Phi) is 4.06. The van der Waals surface area contributed by atoms with Gasteiger partial charge in [-0.3, -0.25) is 4.79 Å². The van der Waals surface area contributed by atoms with Gasteiger partial charge in [-0.1, -0.05) is 0 Å². The SMILES string of the molecule is CSCCC1(C(=O)O)CCCOC1. The summed E-state index contributed by atoms with van der Waals surface area (Å²) in [5.74, 6) is 0.205. The third-order valence-corrected chi connectivity index (χ3v) is 3.17. The molecule has 1 saturated heterocycles. The first kappa shape index (κ1) is 10.9. The molecule has 0 aromatic heterocycles. The third kappa shape index (κ3) is 2.61. The lowest BCUT2D eigenvalue weighted by Crippen LogP contribution is -2.39. The van der Waals surface area contributed by atoms with Gasteiger partial charge in [-0.05, 0) is 31.3 Å². The Hall–Kier alpha value is -0.220. The number of rotatable bonds is 4. The van der Waals surface area contributed by atoms with Crippen molar-refractivity contribution in [2.45, 2.75) is 19.3 Å². The number of carbonyl (C=O) groups is 1. The van der Waals surface area contributed by atoms with Crippen LogP contribution in [0.1, 0.15) is 19.3 Å². The van der Waals surface area contributed by atoms with Crippen LogP contribution in [0.25, 0.3) is 0 Å². The van der Waals surface area contributed by atoms with Gasteiger partial charge in [-0.15, -0.1) is 0 Å². The van der Waals surface area contributed by atoms with E-state index in [2.05, 4.69) is 0 Å². The van der Waals surface area contributed by atoms with E-state index >= 15 is 0 Å². The molecule has 0 bridgehead atoms. The van der Waals surface area contributed by atoms with Gasteiger partial charge in [-0.25, -0.2) is 0 Å². The van der Waals surface area contributed by atoms with Gasteiger partial charge in [-0.2, -0.15) is 11.8 Å². The molecule has 1 unspecified atom stereocenters. The first-order valence-electron chi connectivity index (χ1n) is 4.51. The number of ether oxygens (including phenoxy) is 1. The smallest absolute Gasteiger partial charge is 0.312 e. The normalized spacial score (nSPS) is 28.7. The number of carboxylic acid groups (broad SMARTS) is 1. The molecule has 1 aliphatic heterocycles. The largest absolute Gasteiger partial charge is 0.481 e. The molecule has 0 aromatic rings. The molecule has 1 rings (SSSR count). The van der Waals surface area contributed by atoms with E-state index in [-0.39, 0.29) is 0 Å². The number of thioether (sulfide) groups is 1. The Labute approximate surface area is 82.8 Å². The zero-order valence-corrected chi connectivity index (χ0v) is 8.73. The number of hydrogen-bond acceptors (Lipinski definition) is 3. The van der Waals surface area contributed by atoms with Gasteiger partial charge in [0.2, 0.25) is 0 Å². The second-order valence-electron chi connectivity index (χ2n) is 3.48. The predicted octanol–water partition coefficient (Wildman–Crippen LogP) is 1.62. The number of hydrogen-bond donors (Lipinski definition) is 1. The van der Waals surface area contributed by atoms with E-state index in [4.69, 9.17) is 9.84 Å². The van der Waals surface area contributed by atoms with Crippen LogP contribution in [0.2, 0.25) is 0 Å². The summed E-state index contributed by atoms with van der Waals surface area (Å²) < 4.78 is 5.25. The molecular formula is C9H16O3S. The summed E-state index contributed by atoms with van der Waals surface area (Å²) in [6, 6.07) is 0. The van der Waals surface area contributed by atoms with Gasteiger partial charge < -0.3 is 9.84 Å². The quantitative estimate of drug-likeness (QED) is 0.756. The van der Waals surface area contributed by atoms with Crippen molar-refractivity contribution in [1.82, 2.24) is 0 Å². The predicted molar refractivity (Wildman–Crippen MR) is 53.1 cm³/mol. The van der Waals surface area contributed by atoms with Crippen LogP contribution in [-0.2, 0) is 9.53 Å². The molecular weight excluding hydrogens is 188 g/mol. The van der Waals surface area contributed by atoms with Crippen LogP contribution in [0, 0.1) is 5.41 Å². The molecule has 1 heterocycles. The van der Waals surface area contributed by atoms with Crippen molar-refractivity contribution in [3.8, 4) is 0 Å². The summed E-state index contributed by atoms with van der Waals surface area (Å²) in [5.41, 5.74) is -0.596. The summed E-state index contributed by atoms with van der Waals surface area (Å²) in [5, 5.41) is 9.13. The van der Waals surface area contributed by atoms with E-state index in [1.807, 2.05) is 6.26 Å². The number of carboxylic acids is 1. The zero-order valence-electron chi connectivity index (χ0n) is 7.91. The van der Waals surface area contributed by atoms with Crippen LogP contribution in [0.4, 0.5) is 0 Å². The molecule has 1 aliphatic rings. The lowest BCUT2D eigenvalue weighted by Gasteiger charge is -2.32. The maximum absolute atomic E-state index is 11.1. The molecule has 0 aromatic carbocycles. The first-order chi connectivity index (χ1) is 6.21. The molecule has 13 heavy (non-hydrogen) atoms. The highest BCUT2D eigenvalue weighted by Gasteiger charge is 2.39. The fraction of sp³-hybridized carbons (Fsp3) is 0.889. The second kappa shape index (κ2) is 4.86. The van der Waals surface area contributed by atoms with E-state index in [0.717, 1.165) is 25.0 Å². The molecule has 0 saturated carbocycles. The van der Waals surface area contributed by atoms with Gasteiger partial charge in [0, 0.05) is 6.61 Å². The van der Waals surface area contributed by atoms with Gasteiger partial charge in [0.25, 0.3) is 0 Å². The third-order valence-electron chi connectivity index (χ3n) is 2.56. The van der Waals surface area contributed by atoms with E-state index < -0.39 is 11.4 Å². The van der Waals surface area contributed by atoms with E-state index in [9.17, 15) is 4.79 Å². The second-order valence-corrected chi connectivity index (χ2v) is 4.47. The average Bonchev–Trinajstić information content (AvgIpc) is 2.16. The lowest BCUT2D eigenvalue weighted by atomic mass is 9.80. The Bertz CT molecular complexity index is 176. The average molecular weight is 204 g/mol. The molecule has 0 spiro atoms.